The summed E-state index contributed by atoms with van der Waals surface area (Å²) in [7, 11) is 0. The van der Waals surface area contributed by atoms with Crippen LogP contribution in [-0.2, 0) is 6.56 Å². The molecule has 0 atom stereocenters. The maximum Gasteiger partial charge on any atom is 0.395 e. The van der Waals surface area contributed by atoms with E-state index >= 15 is 0 Å². The van der Waals surface area contributed by atoms with Crippen molar-refractivity contribution >= 4 is 5.82 Å². The van der Waals surface area contributed by atoms with Gasteiger partial charge in [0.25, 0.3) is 0 Å². The molecule has 0 spiro atoms. The average molecular weight is 187 g/mol. The minimum atomic E-state index is -2.75. The highest BCUT2D eigenvalue weighted by Crippen LogP contribution is 2.17. The van der Waals surface area contributed by atoms with Gasteiger partial charge in [0.1, 0.15) is 0 Å². The first-order chi connectivity index (χ1) is 6.73. The number of rotatable bonds is 3. The van der Waals surface area contributed by atoms with Gasteiger partial charge in [0.15, 0.2) is 0 Å². The van der Waals surface area contributed by atoms with Crippen LogP contribution in [0.3, 0.4) is 0 Å². The molecule has 0 aromatic carbocycles. The molecule has 0 unspecified atom stereocenters. The van der Waals surface area contributed by atoms with Crippen molar-refractivity contribution in [2.75, 3.05) is 0 Å². The minimum absolute atomic E-state index is 0.139. The molecule has 1 rings (SSSR count). The lowest BCUT2D eigenvalue weighted by atomic mass is 10.3. The van der Waals surface area contributed by atoms with E-state index in [0.717, 1.165) is 6.20 Å². The van der Waals surface area contributed by atoms with Gasteiger partial charge in [-0.1, -0.05) is 0 Å². The van der Waals surface area contributed by atoms with E-state index in [-0.39, 0.29) is 6.04 Å². The number of hydrogen-bond acceptors (Lipinski definition) is 4. The largest absolute Gasteiger partial charge is 0.395 e. The zero-order valence-corrected chi connectivity index (χ0v) is 7.26. The van der Waals surface area contributed by atoms with Gasteiger partial charge in [-0.15, -0.1) is 0 Å². The van der Waals surface area contributed by atoms with Gasteiger partial charge in [-0.2, -0.15) is 4.68 Å². The Morgan fingerprint density at radius 2 is 2.54 bits per heavy atom. The number of nitro groups is 1. The first kappa shape index (κ1) is 7.02. The van der Waals surface area contributed by atoms with E-state index in [1.165, 1.54) is 4.68 Å². The highest BCUT2D eigenvalue weighted by molar-refractivity contribution is 5.29. The molecule has 1 N–H and O–H groups in total. The summed E-state index contributed by atoms with van der Waals surface area (Å²) in [6, 6.07) is -0.139. The van der Waals surface area contributed by atoms with Gasteiger partial charge in [0, 0.05) is 0 Å². The molecule has 0 fully saturated rings. The summed E-state index contributed by atoms with van der Waals surface area (Å²) in [6.45, 7) is 0.733. The molecule has 1 aromatic heterocycles. The Balaban J connectivity index is 3.30. The predicted molar refractivity (Wildman–Crippen MR) is 45.2 cm³/mol. The molecule has 0 saturated carbocycles. The van der Waals surface area contributed by atoms with Crippen LogP contribution >= 0.6 is 0 Å². The van der Waals surface area contributed by atoms with Crippen LogP contribution in [0.1, 0.15) is 28.2 Å². The molecule has 0 saturated heterocycles. The van der Waals surface area contributed by atoms with E-state index < -0.39 is 22.9 Å². The van der Waals surface area contributed by atoms with Crippen molar-refractivity contribution in [3.63, 3.8) is 0 Å². The molecule has 72 valence electrons. The van der Waals surface area contributed by atoms with Crippen LogP contribution in [-0.4, -0.2) is 19.8 Å². The van der Waals surface area contributed by atoms with Gasteiger partial charge >= 0.3 is 5.82 Å². The van der Waals surface area contributed by atoms with E-state index in [0.29, 0.717) is 0 Å². The Morgan fingerprint density at radius 3 is 2.85 bits per heavy atom. The van der Waals surface area contributed by atoms with Gasteiger partial charge in [-0.3, -0.25) is 0 Å². The third-order valence-electron chi connectivity index (χ3n) is 1.53. The lowest BCUT2D eigenvalue weighted by Gasteiger charge is -1.96. The van der Waals surface area contributed by atoms with Crippen molar-refractivity contribution in [1.82, 2.24) is 9.78 Å². The van der Waals surface area contributed by atoms with Crippen molar-refractivity contribution < 1.29 is 12.8 Å². The smallest absolute Gasteiger partial charge is 0.391 e. The zero-order chi connectivity index (χ0) is 11.8. The number of nitrogens with zero attached hydrogens (tertiary/aromatic N) is 3. The van der Waals surface area contributed by atoms with Crippen LogP contribution in [0.15, 0.2) is 6.20 Å². The van der Waals surface area contributed by atoms with Gasteiger partial charge in [-0.25, -0.2) is 0 Å². The highest BCUT2D eigenvalue weighted by atomic mass is 16.6. The summed E-state index contributed by atoms with van der Waals surface area (Å²) < 4.78 is 15.3. The molecule has 0 radical (unpaired) electrons. The van der Waals surface area contributed by atoms with Crippen molar-refractivity contribution in [2.24, 2.45) is 0 Å². The fraction of sp³-hybridized carbons (Fsp3) is 0.571. The lowest BCUT2D eigenvalue weighted by Crippen LogP contribution is -2.01. The molecular weight excluding hydrogens is 174 g/mol. The Hall–Kier alpha value is -1.43. The Kier molecular flexibility index (Phi) is 1.90. The summed E-state index contributed by atoms with van der Waals surface area (Å²) in [5, 5.41) is 23.2. The molecule has 6 nitrogen and oxygen atoms in total. The van der Waals surface area contributed by atoms with Gasteiger partial charge in [0.05, 0.1) is 32.2 Å². The Morgan fingerprint density at radius 1 is 1.92 bits per heavy atom. The average Bonchev–Trinajstić information content (AvgIpc) is 2.45. The van der Waals surface area contributed by atoms with Gasteiger partial charge < -0.3 is 15.2 Å². The standard InChI is InChI=1S/C7H11N3O3/c1-5(2)9-3-6(4-11)7(8-9)10(12)13/h3,5,11H,4H2,1-2H3/i4D2. The van der Waals surface area contributed by atoms with E-state index in [2.05, 4.69) is 5.10 Å². The SMILES string of the molecule is [2H]C([2H])(O)c1cn(C(C)C)nc1[N+](=O)[O-]. The van der Waals surface area contributed by atoms with Crippen molar-refractivity contribution in [3.05, 3.63) is 21.9 Å². The van der Waals surface area contributed by atoms with Gasteiger partial charge in [-0.05, 0) is 18.8 Å². The molecule has 1 heterocycles. The van der Waals surface area contributed by atoms with Crippen molar-refractivity contribution in [2.45, 2.75) is 26.4 Å². The van der Waals surface area contributed by atoms with Crippen LogP contribution in [0, 0.1) is 10.1 Å². The first-order valence-electron chi connectivity index (χ1n) is 4.70. The molecule has 1 aromatic rings. The Bertz CT molecular complexity index is 383. The van der Waals surface area contributed by atoms with Crippen LogP contribution in [0.25, 0.3) is 0 Å². The number of hydrogen-bond donors (Lipinski definition) is 1. The topological polar surface area (TPSA) is 81.2 Å². The van der Waals surface area contributed by atoms with E-state index in [9.17, 15) is 10.1 Å². The third-order valence-corrected chi connectivity index (χ3v) is 1.53. The molecule has 0 aliphatic heterocycles. The fourth-order valence-electron chi connectivity index (χ4n) is 0.860. The van der Waals surface area contributed by atoms with Crippen molar-refractivity contribution in [1.29, 1.82) is 0 Å². The zero-order valence-electron chi connectivity index (χ0n) is 9.26. The minimum Gasteiger partial charge on any atom is -0.391 e. The fourth-order valence-corrected chi connectivity index (χ4v) is 0.860. The van der Waals surface area contributed by atoms with E-state index in [1.807, 2.05) is 0 Å². The normalized spacial score (nSPS) is 14.2. The quantitative estimate of drug-likeness (QED) is 0.562. The lowest BCUT2D eigenvalue weighted by molar-refractivity contribution is -0.390. The first-order valence-corrected chi connectivity index (χ1v) is 3.70. The van der Waals surface area contributed by atoms with Crippen LogP contribution in [0.5, 0.6) is 0 Å². The van der Waals surface area contributed by atoms with Crippen LogP contribution < -0.4 is 0 Å². The Labute approximate surface area is 77.8 Å². The second-order valence-electron chi connectivity index (χ2n) is 2.81. The second-order valence-corrected chi connectivity index (χ2v) is 2.81. The van der Waals surface area contributed by atoms with Crippen molar-refractivity contribution in [3.8, 4) is 0 Å². The van der Waals surface area contributed by atoms with E-state index in [4.69, 9.17) is 7.85 Å². The molecule has 13 heavy (non-hydrogen) atoms. The molecule has 6 heteroatoms. The van der Waals surface area contributed by atoms with Gasteiger partial charge in [0.2, 0.25) is 0 Å². The molecule has 0 aliphatic rings. The molecule has 0 aliphatic carbocycles. The second kappa shape index (κ2) is 3.53. The maximum atomic E-state index is 10.6. The summed E-state index contributed by atoms with van der Waals surface area (Å²) >= 11 is 0. The van der Waals surface area contributed by atoms with E-state index in [1.54, 1.807) is 13.8 Å². The number of aromatic nitrogens is 2. The third kappa shape index (κ3) is 1.83. The summed E-state index contributed by atoms with van der Waals surface area (Å²) in [4.78, 5) is 9.74. The molecule has 0 bridgehead atoms. The molecule has 0 amide bonds. The maximum absolute atomic E-state index is 10.6. The summed E-state index contributed by atoms with van der Waals surface area (Å²) in [5.41, 5.74) is -0.429. The van der Waals surface area contributed by atoms with Crippen LogP contribution in [0.2, 0.25) is 0 Å². The summed E-state index contributed by atoms with van der Waals surface area (Å²) in [6.07, 6.45) is 1.14. The highest BCUT2D eigenvalue weighted by Gasteiger charge is 2.20. The summed E-state index contributed by atoms with van der Waals surface area (Å²) in [5.74, 6) is -0.656. The number of aliphatic hydroxyl groups is 1. The predicted octanol–water partition coefficient (Wildman–Crippen LogP) is 0.864. The molecular formula is C7H11N3O3. The van der Waals surface area contributed by atoms with Crippen LogP contribution in [0.4, 0.5) is 5.82 Å². The monoisotopic (exact) mass is 187 g/mol.